The number of amides is 4. The molecule has 0 bridgehead atoms. The number of fused-ring (bicyclic) bond motifs is 5. The van der Waals surface area contributed by atoms with Gasteiger partial charge in [-0.25, -0.2) is 8.42 Å². The zero-order valence-corrected chi connectivity index (χ0v) is 30.6. The Hall–Kier alpha value is -5.30. The van der Waals surface area contributed by atoms with Gasteiger partial charge in [0.1, 0.15) is 29.4 Å². The van der Waals surface area contributed by atoms with Crippen LogP contribution in [0.3, 0.4) is 0 Å². The molecule has 13 heteroatoms. The lowest BCUT2D eigenvalue weighted by atomic mass is 10.0. The van der Waals surface area contributed by atoms with Crippen molar-refractivity contribution in [2.24, 2.45) is 11.1 Å². The topological polar surface area (TPSA) is 163 Å². The highest BCUT2D eigenvalue weighted by Crippen LogP contribution is 2.46. The Labute approximate surface area is 314 Å². The van der Waals surface area contributed by atoms with Crippen molar-refractivity contribution in [2.75, 3.05) is 6.54 Å². The maximum atomic E-state index is 14.6. The Morgan fingerprint density at radius 3 is 2.20 bits per heavy atom. The zero-order chi connectivity index (χ0) is 37.5. The lowest BCUT2D eigenvalue weighted by Crippen LogP contribution is -2.58. The highest BCUT2D eigenvalue weighted by molar-refractivity contribution is 7.91. The molecule has 0 unspecified atom stereocenters. The van der Waals surface area contributed by atoms with E-state index < -0.39 is 68.5 Å². The van der Waals surface area contributed by atoms with Gasteiger partial charge in [-0.3, -0.25) is 23.9 Å². The average Bonchev–Trinajstić information content (AvgIpc) is 4.09. The number of nitrogens with one attached hydrogen (secondary N) is 3. The molecular formula is C41H43N5O7S. The number of nitrogens with zero attached hydrogens (tertiary/aromatic N) is 2. The average molecular weight is 750 g/mol. The normalized spacial score (nSPS) is 27.1. The molecule has 4 amide bonds. The van der Waals surface area contributed by atoms with E-state index in [-0.39, 0.29) is 19.4 Å². The van der Waals surface area contributed by atoms with Crippen LogP contribution in [0, 0.1) is 5.92 Å². The molecule has 2 aliphatic heterocycles. The monoisotopic (exact) mass is 749 g/mol. The maximum Gasteiger partial charge on any atom is 0.259 e. The number of oxime groups is 1. The Morgan fingerprint density at radius 1 is 0.852 bits per heavy atom. The minimum atomic E-state index is -3.88. The quantitative estimate of drug-likeness (QED) is 0.188. The lowest BCUT2D eigenvalue weighted by molar-refractivity contribution is -0.141. The highest BCUT2D eigenvalue weighted by atomic mass is 32.2. The summed E-state index contributed by atoms with van der Waals surface area (Å²) in [5.41, 5.74) is 3.45. The van der Waals surface area contributed by atoms with Crippen LogP contribution in [0.4, 0.5) is 0 Å². The minimum absolute atomic E-state index is 0.00723. The van der Waals surface area contributed by atoms with Gasteiger partial charge in [-0.15, -0.1) is 0 Å². The van der Waals surface area contributed by atoms with Crippen LogP contribution in [0.5, 0.6) is 0 Å². The first-order chi connectivity index (χ1) is 26.1. The van der Waals surface area contributed by atoms with E-state index in [0.29, 0.717) is 43.4 Å². The Morgan fingerprint density at radius 2 is 1.52 bits per heavy atom. The minimum Gasteiger partial charge on any atom is -0.390 e. The van der Waals surface area contributed by atoms with E-state index >= 15 is 0 Å². The smallest absolute Gasteiger partial charge is 0.259 e. The summed E-state index contributed by atoms with van der Waals surface area (Å²) in [5.74, 6) is -2.63. The van der Waals surface area contributed by atoms with E-state index in [4.69, 9.17) is 4.84 Å². The first-order valence-corrected chi connectivity index (χ1v) is 20.3. The Kier molecular flexibility index (Phi) is 9.59. The van der Waals surface area contributed by atoms with E-state index in [9.17, 15) is 27.6 Å². The second kappa shape index (κ2) is 14.5. The molecule has 54 heavy (non-hydrogen) atoms. The maximum absolute atomic E-state index is 14.6. The predicted octanol–water partition coefficient (Wildman–Crippen LogP) is 4.21. The molecule has 2 saturated carbocycles. The molecule has 3 aliphatic carbocycles. The van der Waals surface area contributed by atoms with Gasteiger partial charge in [0.05, 0.1) is 11.8 Å². The van der Waals surface area contributed by atoms with Gasteiger partial charge in [0.2, 0.25) is 21.8 Å². The standard InChI is InChI=1S/C41H43N5O7S/c47-37(26-13-5-4-6-14-26)42-34-20-8-3-1-2-7-15-27-24-41(27,40(50)45-54(51,52)29-21-22-29)43-38(48)35-23-28(25-46(35)39(34)49)53-44-36-32-18-11-9-16-30(32)31-17-10-12-19-33(31)36/h4-7,9-19,27-29,34-35H,1-3,8,20-25H2,(H,42,47)(H,43,48)(H,45,50)/b15-7-/t27-,28-,34+,35+,41-/m1/s1. The molecule has 2 heterocycles. The summed E-state index contributed by atoms with van der Waals surface area (Å²) in [6.45, 7) is 0.00723. The van der Waals surface area contributed by atoms with Crippen LogP contribution in [0.1, 0.15) is 79.3 Å². The van der Waals surface area contributed by atoms with Crippen molar-refractivity contribution in [1.82, 2.24) is 20.3 Å². The molecule has 3 aromatic rings. The fourth-order valence-electron chi connectivity index (χ4n) is 7.89. The van der Waals surface area contributed by atoms with E-state index in [1.165, 1.54) is 4.90 Å². The molecule has 12 nitrogen and oxygen atoms in total. The molecule has 0 spiro atoms. The Bertz CT molecular complexity index is 2100. The summed E-state index contributed by atoms with van der Waals surface area (Å²) in [6, 6.07) is 22.4. The molecule has 3 fully saturated rings. The first kappa shape index (κ1) is 35.7. The van der Waals surface area contributed by atoms with Gasteiger partial charge in [0.25, 0.3) is 11.8 Å². The van der Waals surface area contributed by atoms with Gasteiger partial charge < -0.3 is 20.4 Å². The third kappa shape index (κ3) is 7.04. The molecule has 0 aromatic heterocycles. The van der Waals surface area contributed by atoms with Gasteiger partial charge in [0, 0.05) is 29.0 Å². The summed E-state index contributed by atoms with van der Waals surface area (Å²) in [7, 11) is -3.88. The van der Waals surface area contributed by atoms with Crippen molar-refractivity contribution in [3.05, 3.63) is 108 Å². The van der Waals surface area contributed by atoms with Crippen molar-refractivity contribution < 1.29 is 32.4 Å². The van der Waals surface area contributed by atoms with Gasteiger partial charge in [-0.1, -0.05) is 96.9 Å². The fraction of sp³-hybridized carbons (Fsp3) is 0.390. The molecule has 1 saturated heterocycles. The fourth-order valence-corrected chi connectivity index (χ4v) is 9.25. The van der Waals surface area contributed by atoms with Crippen molar-refractivity contribution in [1.29, 1.82) is 0 Å². The lowest BCUT2D eigenvalue weighted by Gasteiger charge is -2.30. The van der Waals surface area contributed by atoms with Gasteiger partial charge >= 0.3 is 0 Å². The third-order valence-electron chi connectivity index (χ3n) is 11.1. The molecule has 5 atom stereocenters. The van der Waals surface area contributed by atoms with Crippen molar-refractivity contribution in [3.8, 4) is 11.1 Å². The summed E-state index contributed by atoms with van der Waals surface area (Å²) in [5, 5.41) is 9.82. The van der Waals surface area contributed by atoms with E-state index in [0.717, 1.165) is 35.1 Å². The van der Waals surface area contributed by atoms with Crippen molar-refractivity contribution >= 4 is 39.4 Å². The predicted molar refractivity (Wildman–Crippen MR) is 201 cm³/mol. The number of allylic oxidation sites excluding steroid dienone is 1. The Balaban J connectivity index is 1.10. The summed E-state index contributed by atoms with van der Waals surface area (Å²) >= 11 is 0. The van der Waals surface area contributed by atoms with E-state index in [1.807, 2.05) is 60.7 Å². The number of sulfonamides is 1. The van der Waals surface area contributed by atoms with Crippen LogP contribution < -0.4 is 15.4 Å². The van der Waals surface area contributed by atoms with E-state index in [1.54, 1.807) is 30.3 Å². The van der Waals surface area contributed by atoms with Gasteiger partial charge in [-0.05, 0) is 61.8 Å². The van der Waals surface area contributed by atoms with Gasteiger partial charge in [0.15, 0.2) is 0 Å². The molecule has 3 N–H and O–H groups in total. The van der Waals surface area contributed by atoms with Crippen LogP contribution in [0.2, 0.25) is 0 Å². The molecule has 5 aliphatic rings. The third-order valence-corrected chi connectivity index (χ3v) is 13.0. The summed E-state index contributed by atoms with van der Waals surface area (Å²) in [6.07, 6.45) is 7.73. The first-order valence-electron chi connectivity index (χ1n) is 18.8. The number of hydrogen-bond acceptors (Lipinski definition) is 8. The molecule has 8 rings (SSSR count). The van der Waals surface area contributed by atoms with Crippen LogP contribution in [0.25, 0.3) is 11.1 Å². The SMILES string of the molecule is O=C(N[C@H]1CCCCC/C=C\[C@@H]2C[C@@]2(C(=O)NS(=O)(=O)C2CC2)NC(=O)[C@@H]2C[C@@H](ON=C3c4ccccc4-c4ccccc43)CN2C1=O)c1ccccc1. The second-order valence-electron chi connectivity index (χ2n) is 14.9. The highest BCUT2D eigenvalue weighted by Gasteiger charge is 2.62. The summed E-state index contributed by atoms with van der Waals surface area (Å²) in [4.78, 5) is 63.6. The number of rotatable bonds is 7. The van der Waals surface area contributed by atoms with Crippen LogP contribution in [-0.2, 0) is 29.2 Å². The largest absolute Gasteiger partial charge is 0.390 e. The zero-order valence-electron chi connectivity index (χ0n) is 29.8. The van der Waals surface area contributed by atoms with Gasteiger partial charge in [-0.2, -0.15) is 0 Å². The van der Waals surface area contributed by atoms with Crippen LogP contribution in [0.15, 0.2) is 96.2 Å². The van der Waals surface area contributed by atoms with Crippen LogP contribution in [-0.4, -0.2) is 78.2 Å². The molecular weight excluding hydrogens is 707 g/mol. The molecule has 0 radical (unpaired) electrons. The summed E-state index contributed by atoms with van der Waals surface area (Å²) < 4.78 is 27.9. The number of carbonyl (C=O) groups is 4. The van der Waals surface area contributed by atoms with Crippen molar-refractivity contribution in [3.63, 3.8) is 0 Å². The molecule has 3 aromatic carbocycles. The number of carbonyl (C=O) groups excluding carboxylic acids is 4. The van der Waals surface area contributed by atoms with E-state index in [2.05, 4.69) is 20.5 Å². The molecule has 280 valence electrons. The second-order valence-corrected chi connectivity index (χ2v) is 16.9. The van der Waals surface area contributed by atoms with Crippen molar-refractivity contribution in [2.45, 2.75) is 86.8 Å². The van der Waals surface area contributed by atoms with Crippen LogP contribution >= 0.6 is 0 Å². The number of hydrogen-bond donors (Lipinski definition) is 3. The number of benzene rings is 3.